The Morgan fingerprint density at radius 1 is 1.32 bits per heavy atom. The number of carbonyl (C=O) groups is 1. The number of halogens is 2. The highest BCUT2D eigenvalue weighted by atomic mass is 127. The Morgan fingerprint density at radius 3 is 2.68 bits per heavy atom. The van der Waals surface area contributed by atoms with Crippen LogP contribution in [-0.2, 0) is 0 Å². The van der Waals surface area contributed by atoms with Crippen LogP contribution in [0.4, 0.5) is 0 Å². The van der Waals surface area contributed by atoms with E-state index in [1.165, 1.54) is 0 Å². The maximum atomic E-state index is 12.1. The number of nitrogens with zero attached hydrogens (tertiary/aromatic N) is 1. The van der Waals surface area contributed by atoms with E-state index in [9.17, 15) is 4.79 Å². The van der Waals surface area contributed by atoms with Crippen LogP contribution in [0.3, 0.4) is 0 Å². The van der Waals surface area contributed by atoms with Gasteiger partial charge in [0.05, 0.1) is 28.6 Å². The molecular formula is C18H18BrIN2O3. The van der Waals surface area contributed by atoms with Crippen LogP contribution in [0, 0.1) is 3.57 Å². The van der Waals surface area contributed by atoms with E-state index in [0.29, 0.717) is 21.5 Å². The number of carbonyl (C=O) groups excluding carboxylic acids is 1. The van der Waals surface area contributed by atoms with Crippen LogP contribution in [0.2, 0.25) is 0 Å². The Morgan fingerprint density at radius 2 is 2.04 bits per heavy atom. The molecule has 25 heavy (non-hydrogen) atoms. The van der Waals surface area contributed by atoms with Gasteiger partial charge in [-0.3, -0.25) is 4.79 Å². The molecule has 0 fully saturated rings. The molecule has 0 spiro atoms. The zero-order valence-corrected chi connectivity index (χ0v) is 17.8. The number of benzene rings is 2. The molecule has 2 rings (SSSR count). The van der Waals surface area contributed by atoms with E-state index >= 15 is 0 Å². The minimum Gasteiger partial charge on any atom is -0.493 e. The second-order valence-corrected chi connectivity index (χ2v) is 7.40. The zero-order valence-electron chi connectivity index (χ0n) is 14.0. The summed E-state index contributed by atoms with van der Waals surface area (Å²) in [6.07, 6.45) is 1.61. The first-order valence-electron chi connectivity index (χ1n) is 7.54. The van der Waals surface area contributed by atoms with Gasteiger partial charge in [0.25, 0.3) is 5.91 Å². The number of ether oxygens (including phenoxy) is 2. The molecule has 1 amide bonds. The Hall–Kier alpha value is -1.61. The lowest BCUT2D eigenvalue weighted by molar-refractivity contribution is 0.0954. The number of amides is 1. The third-order valence-electron chi connectivity index (χ3n) is 3.10. The Kier molecular flexibility index (Phi) is 7.24. The molecule has 0 aliphatic heterocycles. The molecule has 2 aromatic rings. The highest BCUT2D eigenvalue weighted by Crippen LogP contribution is 2.34. The van der Waals surface area contributed by atoms with E-state index in [0.717, 1.165) is 9.13 Å². The summed E-state index contributed by atoms with van der Waals surface area (Å²) in [5.41, 5.74) is 3.83. The molecule has 0 aliphatic carbocycles. The van der Waals surface area contributed by atoms with Gasteiger partial charge in [0, 0.05) is 4.47 Å². The normalized spacial score (nSPS) is 11.0. The van der Waals surface area contributed by atoms with Gasteiger partial charge in [-0.05, 0) is 82.2 Å². The molecule has 132 valence electrons. The topological polar surface area (TPSA) is 59.9 Å². The summed E-state index contributed by atoms with van der Waals surface area (Å²) in [5.74, 6) is 1.04. The number of methoxy groups -OCH3 is 1. The largest absolute Gasteiger partial charge is 0.493 e. The van der Waals surface area contributed by atoms with E-state index in [-0.39, 0.29) is 12.0 Å². The molecule has 0 aromatic heterocycles. The third-order valence-corrected chi connectivity index (χ3v) is 4.60. The average Bonchev–Trinajstić information content (AvgIpc) is 2.57. The van der Waals surface area contributed by atoms with E-state index in [2.05, 4.69) is 49.0 Å². The predicted octanol–water partition coefficient (Wildman–Crippen LogP) is 4.61. The lowest BCUT2D eigenvalue weighted by Gasteiger charge is -2.15. The van der Waals surface area contributed by atoms with E-state index in [1.807, 2.05) is 32.0 Å². The van der Waals surface area contributed by atoms with Crippen molar-refractivity contribution in [3.05, 3.63) is 55.6 Å². The molecule has 0 unspecified atom stereocenters. The predicted molar refractivity (Wildman–Crippen MR) is 111 cm³/mol. The fourth-order valence-electron chi connectivity index (χ4n) is 2.04. The lowest BCUT2D eigenvalue weighted by Crippen LogP contribution is -2.18. The van der Waals surface area contributed by atoms with Crippen LogP contribution in [0.25, 0.3) is 0 Å². The molecule has 0 bridgehead atoms. The maximum absolute atomic E-state index is 12.1. The molecule has 0 atom stereocenters. The third kappa shape index (κ3) is 5.43. The second-order valence-electron chi connectivity index (χ2n) is 5.38. The van der Waals surface area contributed by atoms with Crippen molar-refractivity contribution in [2.45, 2.75) is 20.0 Å². The highest BCUT2D eigenvalue weighted by molar-refractivity contribution is 14.1. The fraction of sp³-hybridized carbons (Fsp3) is 0.222. The van der Waals surface area contributed by atoms with Gasteiger partial charge < -0.3 is 9.47 Å². The van der Waals surface area contributed by atoms with Crippen molar-refractivity contribution in [2.24, 2.45) is 5.10 Å². The van der Waals surface area contributed by atoms with Crippen molar-refractivity contribution in [2.75, 3.05) is 7.11 Å². The first-order valence-corrected chi connectivity index (χ1v) is 9.41. The molecule has 5 nitrogen and oxygen atoms in total. The van der Waals surface area contributed by atoms with Gasteiger partial charge in [-0.2, -0.15) is 5.10 Å². The van der Waals surface area contributed by atoms with Crippen molar-refractivity contribution in [3.63, 3.8) is 0 Å². The van der Waals surface area contributed by atoms with E-state index in [1.54, 1.807) is 31.5 Å². The summed E-state index contributed by atoms with van der Waals surface area (Å²) in [4.78, 5) is 12.1. The molecule has 0 radical (unpaired) electrons. The minimum atomic E-state index is -0.287. The Labute approximate surface area is 169 Å². The monoisotopic (exact) mass is 516 g/mol. The van der Waals surface area contributed by atoms with Crippen molar-refractivity contribution in [1.29, 1.82) is 0 Å². The summed E-state index contributed by atoms with van der Waals surface area (Å²) >= 11 is 5.53. The first-order chi connectivity index (χ1) is 11.9. The summed E-state index contributed by atoms with van der Waals surface area (Å²) in [5, 5.41) is 4.02. The Bertz CT molecular complexity index is 794. The number of hydrazone groups is 1. The quantitative estimate of drug-likeness (QED) is 0.346. The maximum Gasteiger partial charge on any atom is 0.272 e. The standard InChI is InChI=1S/C18H18BrIN2O3/c1-11(2)25-17-15(20)8-12(9-16(17)24-3)10-21-22-18(23)13-6-4-5-7-14(13)19/h4-11H,1-3H3,(H,22,23)/b21-10+. The van der Waals surface area contributed by atoms with Gasteiger partial charge >= 0.3 is 0 Å². The summed E-state index contributed by atoms with van der Waals surface area (Å²) in [6.45, 7) is 3.92. The summed E-state index contributed by atoms with van der Waals surface area (Å²) in [7, 11) is 1.59. The molecule has 0 aliphatic rings. The SMILES string of the molecule is COc1cc(/C=N/NC(=O)c2ccccc2Br)cc(I)c1OC(C)C. The van der Waals surface area contributed by atoms with E-state index < -0.39 is 0 Å². The van der Waals surface area contributed by atoms with Gasteiger partial charge in [0.15, 0.2) is 11.5 Å². The fourth-order valence-corrected chi connectivity index (χ4v) is 3.25. The highest BCUT2D eigenvalue weighted by Gasteiger charge is 2.13. The molecule has 7 heteroatoms. The molecular weight excluding hydrogens is 499 g/mol. The van der Waals surface area contributed by atoms with Gasteiger partial charge in [-0.1, -0.05) is 12.1 Å². The van der Waals surface area contributed by atoms with Gasteiger partial charge in [0.2, 0.25) is 0 Å². The number of rotatable bonds is 6. The first kappa shape index (κ1) is 19.7. The molecule has 0 saturated heterocycles. The molecule has 0 saturated carbocycles. The number of hydrogen-bond acceptors (Lipinski definition) is 4. The molecule has 0 heterocycles. The number of nitrogens with one attached hydrogen (secondary N) is 1. The van der Waals surface area contributed by atoms with Gasteiger partial charge in [-0.25, -0.2) is 5.43 Å². The van der Waals surface area contributed by atoms with Crippen LogP contribution < -0.4 is 14.9 Å². The van der Waals surface area contributed by atoms with Crippen LogP contribution in [0.1, 0.15) is 29.8 Å². The van der Waals surface area contributed by atoms with Gasteiger partial charge in [-0.15, -0.1) is 0 Å². The van der Waals surface area contributed by atoms with Crippen LogP contribution in [0.5, 0.6) is 11.5 Å². The van der Waals surface area contributed by atoms with Crippen molar-refractivity contribution >= 4 is 50.6 Å². The van der Waals surface area contributed by atoms with Crippen LogP contribution >= 0.6 is 38.5 Å². The molecule has 1 N–H and O–H groups in total. The Balaban J connectivity index is 2.14. The van der Waals surface area contributed by atoms with Crippen molar-refractivity contribution in [1.82, 2.24) is 5.43 Å². The van der Waals surface area contributed by atoms with Crippen molar-refractivity contribution < 1.29 is 14.3 Å². The number of hydrogen-bond donors (Lipinski definition) is 1. The van der Waals surface area contributed by atoms with E-state index in [4.69, 9.17) is 9.47 Å². The zero-order chi connectivity index (χ0) is 18.4. The van der Waals surface area contributed by atoms with Crippen LogP contribution in [0.15, 0.2) is 46.0 Å². The lowest BCUT2D eigenvalue weighted by atomic mass is 10.2. The van der Waals surface area contributed by atoms with Gasteiger partial charge in [0.1, 0.15) is 0 Å². The van der Waals surface area contributed by atoms with Crippen molar-refractivity contribution in [3.8, 4) is 11.5 Å². The molecule has 2 aromatic carbocycles. The average molecular weight is 517 g/mol. The van der Waals surface area contributed by atoms with Crippen LogP contribution in [-0.4, -0.2) is 25.3 Å². The second kappa shape index (κ2) is 9.19. The minimum absolute atomic E-state index is 0.0468. The smallest absolute Gasteiger partial charge is 0.272 e. The summed E-state index contributed by atoms with van der Waals surface area (Å²) < 4.78 is 12.8. The summed E-state index contributed by atoms with van der Waals surface area (Å²) in [6, 6.07) is 10.9.